The van der Waals surface area contributed by atoms with Gasteiger partial charge in [0.05, 0.1) is 0 Å². The van der Waals surface area contributed by atoms with Crippen molar-refractivity contribution in [3.8, 4) is 5.75 Å². The molecule has 2 aromatic carbocycles. The molecule has 0 saturated heterocycles. The molecule has 0 N–H and O–H groups in total. The zero-order valence-corrected chi connectivity index (χ0v) is 21.9. The SMILES string of the molecule is CCC1(C)CCCCC(C)(CC)C2=CCC(CC2)Oc2ccc(cc2)C(=O)c2ccc(cc2)C1=O. The summed E-state index contributed by atoms with van der Waals surface area (Å²) >= 11 is 0. The van der Waals surface area contributed by atoms with Gasteiger partial charge in [0, 0.05) is 28.5 Å². The third-order valence-corrected chi connectivity index (χ3v) is 8.78. The average molecular weight is 473 g/mol. The van der Waals surface area contributed by atoms with E-state index in [1.807, 2.05) is 36.4 Å². The van der Waals surface area contributed by atoms with Crippen LogP contribution in [0, 0.1) is 10.8 Å². The van der Waals surface area contributed by atoms with Crippen molar-refractivity contribution in [2.45, 2.75) is 91.6 Å². The summed E-state index contributed by atoms with van der Waals surface area (Å²) in [5, 5.41) is 0. The van der Waals surface area contributed by atoms with E-state index < -0.39 is 0 Å². The van der Waals surface area contributed by atoms with Crippen molar-refractivity contribution in [2.24, 2.45) is 10.8 Å². The first-order chi connectivity index (χ1) is 16.8. The first-order valence-electron chi connectivity index (χ1n) is 13.4. The zero-order valence-electron chi connectivity index (χ0n) is 21.9. The number of Topliss-reactive ketones (excluding diaryl/α,β-unsaturated/α-hetero) is 1. The van der Waals surface area contributed by atoms with Gasteiger partial charge < -0.3 is 4.74 Å². The van der Waals surface area contributed by atoms with Gasteiger partial charge in [-0.15, -0.1) is 0 Å². The molecule has 3 atom stereocenters. The number of allylic oxidation sites excluding steroid dienone is 1. The normalized spacial score (nSPS) is 27.9. The Morgan fingerprint density at radius 1 is 0.800 bits per heavy atom. The summed E-state index contributed by atoms with van der Waals surface area (Å²) in [7, 11) is 0. The van der Waals surface area contributed by atoms with Crippen LogP contribution in [0.25, 0.3) is 0 Å². The lowest BCUT2D eigenvalue weighted by atomic mass is 9.70. The number of hydrogen-bond acceptors (Lipinski definition) is 3. The smallest absolute Gasteiger partial charge is 0.193 e. The molecule has 5 aliphatic heterocycles. The Morgan fingerprint density at radius 2 is 1.34 bits per heavy atom. The van der Waals surface area contributed by atoms with E-state index in [2.05, 4.69) is 33.8 Å². The Hall–Kier alpha value is -2.68. The Labute approximate surface area is 211 Å². The minimum atomic E-state index is -0.378. The second kappa shape index (κ2) is 10.5. The number of fused-ring (bicyclic) bond motifs is 1. The molecule has 0 saturated carbocycles. The number of carbonyl (C=O) groups excluding carboxylic acids is 2. The molecule has 0 amide bonds. The molecule has 0 spiro atoms. The van der Waals surface area contributed by atoms with Gasteiger partial charge in [0.1, 0.15) is 11.9 Å². The van der Waals surface area contributed by atoms with E-state index in [0.717, 1.165) is 63.5 Å². The Balaban J connectivity index is 1.65. The molecule has 186 valence electrons. The number of ether oxygens (including phenoxy) is 1. The molecule has 3 nitrogen and oxygen atoms in total. The lowest BCUT2D eigenvalue weighted by molar-refractivity contribution is 0.0788. The minimum Gasteiger partial charge on any atom is -0.490 e. The second-order valence-corrected chi connectivity index (χ2v) is 11.0. The maximum atomic E-state index is 13.5. The molecule has 6 aliphatic rings. The van der Waals surface area contributed by atoms with E-state index in [4.69, 9.17) is 4.74 Å². The number of ketones is 2. The van der Waals surface area contributed by atoms with E-state index in [1.165, 1.54) is 0 Å². The van der Waals surface area contributed by atoms with Gasteiger partial charge in [-0.05, 0) is 68.2 Å². The minimum absolute atomic E-state index is 0.0382. The van der Waals surface area contributed by atoms with Crippen molar-refractivity contribution in [1.82, 2.24) is 0 Å². The van der Waals surface area contributed by atoms with Crippen LogP contribution in [0.2, 0.25) is 0 Å². The molecule has 0 aromatic heterocycles. The molecule has 8 rings (SSSR count). The molecule has 35 heavy (non-hydrogen) atoms. The van der Waals surface area contributed by atoms with Crippen LogP contribution >= 0.6 is 0 Å². The van der Waals surface area contributed by atoms with Crippen molar-refractivity contribution in [2.75, 3.05) is 0 Å². The Kier molecular flexibility index (Phi) is 7.64. The lowest BCUT2D eigenvalue weighted by Gasteiger charge is -2.36. The standard InChI is InChI=1S/C32H40O3/c1-5-31(3)21-7-8-22-32(4,6-2)30(34)25-11-9-23(10-12-25)29(33)24-13-17-27(18-14-24)35-28-19-15-26(31)16-20-28/h9-15,17-18,28H,5-8,16,19-22H2,1-4H3. The molecular weight excluding hydrogens is 432 g/mol. The maximum Gasteiger partial charge on any atom is 0.193 e. The molecule has 6 bridgehead atoms. The summed E-state index contributed by atoms with van der Waals surface area (Å²) in [6.45, 7) is 8.94. The van der Waals surface area contributed by atoms with Gasteiger partial charge in [-0.2, -0.15) is 0 Å². The van der Waals surface area contributed by atoms with Crippen molar-refractivity contribution >= 4 is 11.6 Å². The van der Waals surface area contributed by atoms with Crippen molar-refractivity contribution in [3.05, 3.63) is 76.9 Å². The van der Waals surface area contributed by atoms with E-state index in [0.29, 0.717) is 16.7 Å². The van der Waals surface area contributed by atoms with Gasteiger partial charge >= 0.3 is 0 Å². The fraction of sp³-hybridized carbons (Fsp3) is 0.500. The van der Waals surface area contributed by atoms with Crippen LogP contribution in [0.4, 0.5) is 0 Å². The molecule has 3 heteroatoms. The summed E-state index contributed by atoms with van der Waals surface area (Å²) in [4.78, 5) is 26.5. The Bertz CT molecular complexity index is 1080. The third-order valence-electron chi connectivity index (χ3n) is 8.78. The number of hydrogen-bond donors (Lipinski definition) is 0. The fourth-order valence-corrected chi connectivity index (χ4v) is 5.68. The van der Waals surface area contributed by atoms with Crippen molar-refractivity contribution < 1.29 is 14.3 Å². The lowest BCUT2D eigenvalue weighted by Crippen LogP contribution is -2.28. The summed E-state index contributed by atoms with van der Waals surface area (Å²) in [6, 6.07) is 14.7. The van der Waals surface area contributed by atoms with Gasteiger partial charge in [-0.1, -0.05) is 76.5 Å². The molecule has 0 fully saturated rings. The summed E-state index contributed by atoms with van der Waals surface area (Å²) in [5.74, 6) is 0.960. The van der Waals surface area contributed by atoms with Crippen molar-refractivity contribution in [3.63, 3.8) is 0 Å². The molecule has 3 unspecified atom stereocenters. The Morgan fingerprint density at radius 3 is 1.89 bits per heavy atom. The first kappa shape index (κ1) is 25.4. The highest BCUT2D eigenvalue weighted by atomic mass is 16.5. The number of carbonyl (C=O) groups is 2. The van der Waals surface area contributed by atoms with Crippen LogP contribution in [-0.4, -0.2) is 17.7 Å². The van der Waals surface area contributed by atoms with Crippen LogP contribution in [0.15, 0.2) is 60.2 Å². The van der Waals surface area contributed by atoms with Crippen LogP contribution in [-0.2, 0) is 0 Å². The summed E-state index contributed by atoms with van der Waals surface area (Å²) in [5.41, 5.74) is 3.33. The largest absolute Gasteiger partial charge is 0.490 e. The molecule has 5 heterocycles. The summed E-state index contributed by atoms with van der Waals surface area (Å²) in [6.07, 6.45) is 11.8. The number of benzene rings is 2. The van der Waals surface area contributed by atoms with E-state index in [-0.39, 0.29) is 28.5 Å². The van der Waals surface area contributed by atoms with Gasteiger partial charge in [-0.25, -0.2) is 0 Å². The maximum absolute atomic E-state index is 13.5. The second-order valence-electron chi connectivity index (χ2n) is 11.0. The topological polar surface area (TPSA) is 43.4 Å². The highest BCUT2D eigenvalue weighted by molar-refractivity contribution is 6.09. The van der Waals surface area contributed by atoms with Gasteiger partial charge in [-0.3, -0.25) is 9.59 Å². The monoisotopic (exact) mass is 472 g/mol. The summed E-state index contributed by atoms with van der Waals surface area (Å²) < 4.78 is 6.27. The number of rotatable bonds is 2. The van der Waals surface area contributed by atoms with Gasteiger partial charge in [0.15, 0.2) is 11.6 Å². The van der Waals surface area contributed by atoms with E-state index in [9.17, 15) is 9.59 Å². The molecule has 1 aliphatic carbocycles. The highest BCUT2D eigenvalue weighted by Crippen LogP contribution is 2.42. The van der Waals surface area contributed by atoms with E-state index in [1.54, 1.807) is 17.7 Å². The molecule has 2 aromatic rings. The third kappa shape index (κ3) is 5.44. The van der Waals surface area contributed by atoms with Crippen LogP contribution < -0.4 is 4.74 Å². The predicted molar refractivity (Wildman–Crippen MR) is 142 cm³/mol. The molecule has 0 radical (unpaired) electrons. The van der Waals surface area contributed by atoms with E-state index >= 15 is 0 Å². The first-order valence-corrected chi connectivity index (χ1v) is 13.4. The fourth-order valence-electron chi connectivity index (χ4n) is 5.68. The molecular formula is C32H40O3. The van der Waals surface area contributed by atoms with Crippen LogP contribution in [0.1, 0.15) is 112 Å². The average Bonchev–Trinajstić information content (AvgIpc) is 2.90. The highest BCUT2D eigenvalue weighted by Gasteiger charge is 2.33. The van der Waals surface area contributed by atoms with Crippen LogP contribution in [0.5, 0.6) is 5.75 Å². The quantitative estimate of drug-likeness (QED) is 0.412. The predicted octanol–water partition coefficient (Wildman–Crippen LogP) is 8.36. The van der Waals surface area contributed by atoms with Crippen LogP contribution in [0.3, 0.4) is 0 Å². The van der Waals surface area contributed by atoms with Crippen molar-refractivity contribution in [1.29, 1.82) is 0 Å². The van der Waals surface area contributed by atoms with Gasteiger partial charge in [0.2, 0.25) is 0 Å². The zero-order chi connectivity index (χ0) is 25.1. The van der Waals surface area contributed by atoms with Gasteiger partial charge in [0.25, 0.3) is 0 Å².